The van der Waals surface area contributed by atoms with Gasteiger partial charge in [0.25, 0.3) is 11.8 Å². The van der Waals surface area contributed by atoms with E-state index in [2.05, 4.69) is 10.6 Å². The molecule has 1 aliphatic carbocycles. The van der Waals surface area contributed by atoms with E-state index in [4.69, 9.17) is 4.74 Å². The molecule has 2 N–H and O–H groups in total. The molecule has 146 valence electrons. The van der Waals surface area contributed by atoms with Gasteiger partial charge in [-0.15, -0.1) is 0 Å². The van der Waals surface area contributed by atoms with Crippen molar-refractivity contribution in [3.63, 3.8) is 0 Å². The van der Waals surface area contributed by atoms with E-state index in [0.29, 0.717) is 29.0 Å². The summed E-state index contributed by atoms with van der Waals surface area (Å²) in [5, 5.41) is 5.80. The lowest BCUT2D eigenvalue weighted by Gasteiger charge is -2.12. The number of esters is 1. The molecule has 2 aromatic carbocycles. The highest BCUT2D eigenvalue weighted by atomic mass is 16.5. The number of carbonyl (C=O) groups is 3. The predicted octanol–water partition coefficient (Wildman–Crippen LogP) is 3.79. The molecule has 0 aliphatic heterocycles. The minimum absolute atomic E-state index is 0.103. The van der Waals surface area contributed by atoms with Gasteiger partial charge in [-0.3, -0.25) is 9.59 Å². The van der Waals surface area contributed by atoms with Crippen LogP contribution in [-0.4, -0.2) is 30.4 Å². The van der Waals surface area contributed by atoms with Gasteiger partial charge >= 0.3 is 5.97 Å². The summed E-state index contributed by atoms with van der Waals surface area (Å²) >= 11 is 0. The van der Waals surface area contributed by atoms with Gasteiger partial charge < -0.3 is 15.4 Å². The van der Waals surface area contributed by atoms with E-state index >= 15 is 0 Å². The van der Waals surface area contributed by atoms with Crippen molar-refractivity contribution in [2.75, 3.05) is 11.9 Å². The summed E-state index contributed by atoms with van der Waals surface area (Å²) in [7, 11) is 0. The number of hydrogen-bond donors (Lipinski definition) is 2. The average molecular weight is 380 g/mol. The normalized spacial score (nSPS) is 13.8. The molecule has 6 heteroatoms. The van der Waals surface area contributed by atoms with E-state index in [0.717, 1.165) is 25.7 Å². The molecule has 0 aromatic heterocycles. The van der Waals surface area contributed by atoms with E-state index in [1.165, 1.54) is 0 Å². The van der Waals surface area contributed by atoms with Crippen molar-refractivity contribution in [2.45, 2.75) is 38.6 Å². The molecule has 0 bridgehead atoms. The third-order valence-electron chi connectivity index (χ3n) is 4.75. The largest absolute Gasteiger partial charge is 0.462 e. The van der Waals surface area contributed by atoms with Gasteiger partial charge in [0.15, 0.2) is 0 Å². The molecular formula is C22H24N2O4. The first-order valence-corrected chi connectivity index (χ1v) is 9.56. The number of carbonyl (C=O) groups excluding carboxylic acids is 3. The first-order valence-electron chi connectivity index (χ1n) is 9.56. The molecule has 2 aromatic rings. The number of nitrogens with one attached hydrogen (secondary N) is 2. The lowest BCUT2D eigenvalue weighted by atomic mass is 10.1. The summed E-state index contributed by atoms with van der Waals surface area (Å²) in [4.78, 5) is 36.3. The van der Waals surface area contributed by atoms with Crippen molar-refractivity contribution in [2.24, 2.45) is 0 Å². The van der Waals surface area contributed by atoms with Crippen LogP contribution in [0, 0.1) is 0 Å². The minimum Gasteiger partial charge on any atom is -0.462 e. The Morgan fingerprint density at radius 1 is 0.857 bits per heavy atom. The zero-order valence-electron chi connectivity index (χ0n) is 15.9. The third-order valence-corrected chi connectivity index (χ3v) is 4.75. The first kappa shape index (κ1) is 19.6. The Morgan fingerprint density at radius 3 is 1.96 bits per heavy atom. The average Bonchev–Trinajstić information content (AvgIpc) is 3.22. The molecule has 0 heterocycles. The van der Waals surface area contributed by atoms with Crippen LogP contribution < -0.4 is 10.6 Å². The maximum Gasteiger partial charge on any atom is 0.338 e. The number of anilines is 1. The van der Waals surface area contributed by atoms with Crippen molar-refractivity contribution >= 4 is 23.5 Å². The second-order valence-corrected chi connectivity index (χ2v) is 6.78. The maximum atomic E-state index is 12.4. The number of benzene rings is 2. The van der Waals surface area contributed by atoms with Gasteiger partial charge in [-0.05, 0) is 68.3 Å². The molecule has 0 saturated heterocycles. The highest BCUT2D eigenvalue weighted by Crippen LogP contribution is 2.18. The Hall–Kier alpha value is -3.15. The third kappa shape index (κ3) is 4.97. The Labute approximate surface area is 164 Å². The quantitative estimate of drug-likeness (QED) is 0.747. The summed E-state index contributed by atoms with van der Waals surface area (Å²) in [5.41, 5.74) is 1.99. The van der Waals surface area contributed by atoms with E-state index in [1.54, 1.807) is 55.5 Å². The van der Waals surface area contributed by atoms with Gasteiger partial charge in [-0.2, -0.15) is 0 Å². The summed E-state index contributed by atoms with van der Waals surface area (Å²) in [6.07, 6.45) is 4.37. The highest BCUT2D eigenvalue weighted by molar-refractivity contribution is 6.05. The number of ether oxygens (including phenoxy) is 1. The van der Waals surface area contributed by atoms with Crippen LogP contribution in [0.25, 0.3) is 0 Å². The van der Waals surface area contributed by atoms with E-state index < -0.39 is 5.97 Å². The zero-order valence-corrected chi connectivity index (χ0v) is 15.9. The first-order chi connectivity index (χ1) is 13.6. The van der Waals surface area contributed by atoms with Gasteiger partial charge in [-0.25, -0.2) is 4.79 Å². The molecule has 0 radical (unpaired) electrons. The predicted molar refractivity (Wildman–Crippen MR) is 107 cm³/mol. The Kier molecular flexibility index (Phi) is 6.42. The summed E-state index contributed by atoms with van der Waals surface area (Å²) in [6.45, 7) is 2.06. The zero-order chi connectivity index (χ0) is 19.9. The van der Waals surface area contributed by atoms with Gasteiger partial charge in [0.2, 0.25) is 0 Å². The second-order valence-electron chi connectivity index (χ2n) is 6.78. The smallest absolute Gasteiger partial charge is 0.338 e. The molecule has 1 fully saturated rings. The number of amides is 2. The van der Waals surface area contributed by atoms with Crippen LogP contribution in [0.3, 0.4) is 0 Å². The van der Waals surface area contributed by atoms with Crippen LogP contribution in [0.2, 0.25) is 0 Å². The van der Waals surface area contributed by atoms with Crippen molar-refractivity contribution in [3.05, 3.63) is 65.2 Å². The standard InChI is InChI=1S/C22H24N2O4/c1-2-28-22(27)17-11-13-19(14-12-17)24-21(26)16-9-7-15(8-10-16)20(25)23-18-5-3-4-6-18/h7-14,18H,2-6H2,1H3,(H,23,25)(H,24,26). The summed E-state index contributed by atoms with van der Waals surface area (Å²) < 4.78 is 4.93. The van der Waals surface area contributed by atoms with Crippen LogP contribution in [0.15, 0.2) is 48.5 Å². The Balaban J connectivity index is 1.58. The van der Waals surface area contributed by atoms with Crippen molar-refractivity contribution in [1.29, 1.82) is 0 Å². The highest BCUT2D eigenvalue weighted by Gasteiger charge is 2.18. The van der Waals surface area contributed by atoms with Crippen molar-refractivity contribution in [1.82, 2.24) is 5.32 Å². The molecular weight excluding hydrogens is 356 g/mol. The van der Waals surface area contributed by atoms with Crippen LogP contribution in [0.4, 0.5) is 5.69 Å². The maximum absolute atomic E-state index is 12.4. The van der Waals surface area contributed by atoms with Gasteiger partial charge in [-0.1, -0.05) is 12.8 Å². The number of hydrogen-bond acceptors (Lipinski definition) is 4. The Morgan fingerprint density at radius 2 is 1.39 bits per heavy atom. The fraction of sp³-hybridized carbons (Fsp3) is 0.318. The summed E-state index contributed by atoms with van der Waals surface area (Å²) in [5.74, 6) is -0.785. The van der Waals surface area contributed by atoms with Crippen molar-refractivity contribution in [3.8, 4) is 0 Å². The van der Waals surface area contributed by atoms with E-state index in [-0.39, 0.29) is 17.9 Å². The van der Waals surface area contributed by atoms with E-state index in [9.17, 15) is 14.4 Å². The fourth-order valence-corrected chi connectivity index (χ4v) is 3.22. The van der Waals surface area contributed by atoms with E-state index in [1.807, 2.05) is 0 Å². The fourth-order valence-electron chi connectivity index (χ4n) is 3.22. The van der Waals surface area contributed by atoms with Crippen molar-refractivity contribution < 1.29 is 19.1 Å². The van der Waals surface area contributed by atoms with Gasteiger partial charge in [0.1, 0.15) is 0 Å². The summed E-state index contributed by atoms with van der Waals surface area (Å²) in [6, 6.07) is 13.3. The van der Waals surface area contributed by atoms with Crippen LogP contribution in [0.1, 0.15) is 63.7 Å². The Bertz CT molecular complexity index is 838. The minimum atomic E-state index is -0.396. The molecule has 1 saturated carbocycles. The topological polar surface area (TPSA) is 84.5 Å². The second kappa shape index (κ2) is 9.17. The van der Waals surface area contributed by atoms with Crippen LogP contribution >= 0.6 is 0 Å². The molecule has 3 rings (SSSR count). The monoisotopic (exact) mass is 380 g/mol. The van der Waals surface area contributed by atoms with Gasteiger partial charge in [0, 0.05) is 22.9 Å². The molecule has 0 spiro atoms. The number of rotatable bonds is 6. The van der Waals surface area contributed by atoms with Crippen LogP contribution in [-0.2, 0) is 4.74 Å². The molecule has 2 amide bonds. The van der Waals surface area contributed by atoms with Crippen LogP contribution in [0.5, 0.6) is 0 Å². The molecule has 0 atom stereocenters. The van der Waals surface area contributed by atoms with Gasteiger partial charge in [0.05, 0.1) is 12.2 Å². The SMILES string of the molecule is CCOC(=O)c1ccc(NC(=O)c2ccc(C(=O)NC3CCCC3)cc2)cc1. The molecule has 1 aliphatic rings. The molecule has 0 unspecified atom stereocenters. The molecule has 28 heavy (non-hydrogen) atoms. The lowest BCUT2D eigenvalue weighted by Crippen LogP contribution is -2.32. The molecule has 6 nitrogen and oxygen atoms in total. The lowest BCUT2D eigenvalue weighted by molar-refractivity contribution is 0.0526.